The Balaban J connectivity index is 1.11. The molecule has 3 aliphatic heterocycles. The maximum Gasteiger partial charge on any atom is 0.246 e. The molecule has 46 heteroatoms. The number of para-hydroxylation sites is 2. The number of imidazole rings is 1. The van der Waals surface area contributed by atoms with Gasteiger partial charge in [0.25, 0.3) is 0 Å². The average molecular weight is 1960 g/mol. The first-order valence-corrected chi connectivity index (χ1v) is 47.6. The Labute approximate surface area is 805 Å². The number of benzene rings is 3. The number of nitrogens with one attached hydrogen (secondary N) is 15. The van der Waals surface area contributed by atoms with Crippen LogP contribution in [0.5, 0.6) is 0 Å². The highest BCUT2D eigenvalue weighted by Crippen LogP contribution is 2.29. The molecule has 0 saturated carbocycles. The van der Waals surface area contributed by atoms with Gasteiger partial charge in [0.2, 0.25) is 100 Å². The number of H-pyrrole nitrogens is 3. The third kappa shape index (κ3) is 30.0. The zero-order valence-electron chi connectivity index (χ0n) is 77.8. The van der Waals surface area contributed by atoms with E-state index < -0.39 is 241 Å². The standard InChI is InChI=1S/C91H126Cl2N24O19S/c1-9-11-24-70-83(129)105-61(23-17-29-99-91(96)97)79(125)112-69(78(124)102-42-75(95)121)45-137-46-76(122)104-65(32-50-27-28-53(92)35-58(50)93)86(132)113(6)49(5)77(123)108-67(38-74(94)120)88(134)116-30-18-26-71(116)84(130)107-63(36-54-41-98-47-103-54)81(127)109-64(31-48(3)4)89(135)117-43-55(119)37-73(117)85(131)106-62(33-51-39-100-59-21-15-13-19-56(51)59)80(126)111-68(44-118)82(128)110-66(34-52-40-101-60-22-16-14-20-57(52)60)87(133)115(8)72(25-12-10-2)90(136)114(70)7/h13-16,19-22,27-28,35,39-41,47-49,55,61-73,100-101,118-119H,9-12,17-18,23-26,29-34,36-38,42-46H2,1-8H3,(H2,94,120)(H2,95,121)(H,98,103)(H,102,124)(H,104,122)(H,105,129)(H,106,131)(H,107,130)(H,108,123)(H,109,127)(H,110,128)(H,111,126)(H,112,125)(H4,96,97,99)/t49-,55+,61-,62-,63-,64-,65-,66-,67-,68-,69-,70-,71-,72-,73-/m0/s1. The lowest BCUT2D eigenvalue weighted by Crippen LogP contribution is -2.62. The number of aliphatic hydroxyl groups excluding tert-OH is 2. The second-order valence-corrected chi connectivity index (χ2v) is 36.9. The van der Waals surface area contributed by atoms with Gasteiger partial charge in [-0.25, -0.2) is 4.98 Å². The van der Waals surface area contributed by atoms with Crippen LogP contribution in [0, 0.1) is 11.3 Å². The van der Waals surface area contributed by atoms with Crippen LogP contribution in [0.25, 0.3) is 21.8 Å². The summed E-state index contributed by atoms with van der Waals surface area (Å²) in [6.45, 7) is 5.98. The number of unbranched alkanes of at least 4 members (excludes halogenated alkanes) is 2. The Morgan fingerprint density at radius 1 is 0.562 bits per heavy atom. The quantitative estimate of drug-likeness (QED) is 0.0170. The van der Waals surface area contributed by atoms with Gasteiger partial charge in [0, 0.05) is 135 Å². The van der Waals surface area contributed by atoms with Crippen molar-refractivity contribution in [3.8, 4) is 0 Å². The summed E-state index contributed by atoms with van der Waals surface area (Å²) in [5.41, 5.74) is 19.7. The molecule has 0 unspecified atom stereocenters. The largest absolute Gasteiger partial charge is 0.394 e. The fourth-order valence-corrected chi connectivity index (χ4v) is 18.2. The molecule has 0 aliphatic carbocycles. The van der Waals surface area contributed by atoms with Gasteiger partial charge < -0.3 is 125 Å². The molecule has 6 aromatic rings. The number of likely N-dealkylation sites (N-methyl/N-ethyl adjacent to an activating group) is 3. The van der Waals surface area contributed by atoms with E-state index in [4.69, 9.17) is 45.8 Å². The van der Waals surface area contributed by atoms with Gasteiger partial charge in [-0.15, -0.1) is 11.8 Å². The second-order valence-electron chi connectivity index (χ2n) is 35.0. The van der Waals surface area contributed by atoms with E-state index in [2.05, 4.69) is 78.4 Å². The number of hydrogen-bond donors (Lipinski definition) is 20. The number of primary amides is 2. The molecule has 0 spiro atoms. The summed E-state index contributed by atoms with van der Waals surface area (Å²) in [4.78, 5) is 270. The topological polar surface area (TPSA) is 641 Å². The van der Waals surface area contributed by atoms with Gasteiger partial charge in [-0.2, -0.15) is 0 Å². The first-order valence-electron chi connectivity index (χ1n) is 45.6. The smallest absolute Gasteiger partial charge is 0.246 e. The van der Waals surface area contributed by atoms with Gasteiger partial charge in [0.1, 0.15) is 84.6 Å². The maximum absolute atomic E-state index is 15.8. The van der Waals surface area contributed by atoms with Crippen LogP contribution in [-0.2, 0) is 107 Å². The van der Waals surface area contributed by atoms with Crippen molar-refractivity contribution in [1.29, 1.82) is 5.41 Å². The summed E-state index contributed by atoms with van der Waals surface area (Å²) in [5.74, 6) is -18.0. The lowest BCUT2D eigenvalue weighted by molar-refractivity contribution is -0.149. The molecule has 43 nitrogen and oxygen atoms in total. The summed E-state index contributed by atoms with van der Waals surface area (Å²) in [7, 11) is 3.89. The van der Waals surface area contributed by atoms with Crippen LogP contribution in [0.4, 0.5) is 0 Å². The minimum Gasteiger partial charge on any atom is -0.394 e. The van der Waals surface area contributed by atoms with Crippen molar-refractivity contribution in [3.63, 3.8) is 0 Å². The van der Waals surface area contributed by atoms with Gasteiger partial charge in [0.15, 0.2) is 5.96 Å². The normalized spacial score (nSPS) is 24.6. The van der Waals surface area contributed by atoms with E-state index in [-0.39, 0.29) is 105 Å². The molecule has 3 fully saturated rings. The Hall–Kier alpha value is -12.9. The van der Waals surface area contributed by atoms with E-state index in [1.54, 1.807) is 74.8 Å². The van der Waals surface area contributed by atoms with E-state index >= 15 is 38.4 Å². The fourth-order valence-electron chi connectivity index (χ4n) is 16.8. The second kappa shape index (κ2) is 51.3. The van der Waals surface area contributed by atoms with E-state index in [9.17, 15) is 53.4 Å². The van der Waals surface area contributed by atoms with E-state index in [0.717, 1.165) is 36.3 Å². The molecule has 17 amide bonds. The molecule has 3 aliphatic rings. The molecule has 6 heterocycles. The zero-order chi connectivity index (χ0) is 100. The number of thioether (sulfide) groups is 1. The molecular formula is C91H126Cl2N24O19S. The number of aromatic amines is 3. The van der Waals surface area contributed by atoms with Crippen molar-refractivity contribution in [2.24, 2.45) is 23.1 Å². The van der Waals surface area contributed by atoms with Crippen LogP contribution in [-0.4, -0.2) is 317 Å². The first-order chi connectivity index (χ1) is 65.2. The van der Waals surface area contributed by atoms with Gasteiger partial charge in [-0.1, -0.05) is 119 Å². The van der Waals surface area contributed by atoms with Crippen LogP contribution in [0.1, 0.15) is 140 Å². The predicted molar refractivity (Wildman–Crippen MR) is 508 cm³/mol. The molecule has 137 heavy (non-hydrogen) atoms. The summed E-state index contributed by atoms with van der Waals surface area (Å²) in [6, 6.07) is -3.64. The summed E-state index contributed by atoms with van der Waals surface area (Å²) >= 11 is 13.7. The molecule has 3 saturated heterocycles. The zero-order valence-corrected chi connectivity index (χ0v) is 80.1. The number of aliphatic hydroxyl groups is 2. The van der Waals surface area contributed by atoms with E-state index in [0.29, 0.717) is 64.3 Å². The number of halogens is 2. The predicted octanol–water partition coefficient (Wildman–Crippen LogP) is -1.33. The first kappa shape index (κ1) is 108. The molecule has 744 valence electrons. The Kier molecular flexibility index (Phi) is 40.3. The molecular weight excluding hydrogens is 1840 g/mol. The summed E-state index contributed by atoms with van der Waals surface area (Å²) in [6.07, 6.45) is 3.52. The Morgan fingerprint density at radius 3 is 1.70 bits per heavy atom. The van der Waals surface area contributed by atoms with Crippen LogP contribution >= 0.6 is 35.0 Å². The van der Waals surface area contributed by atoms with Crippen molar-refractivity contribution in [1.82, 2.24) is 103 Å². The number of guanidine groups is 1. The van der Waals surface area contributed by atoms with Gasteiger partial charge in [-0.3, -0.25) is 86.9 Å². The number of aromatic nitrogens is 4. The maximum atomic E-state index is 15.8. The molecule has 9 rings (SSSR count). The number of nitrogens with zero attached hydrogens (tertiary/aromatic N) is 6. The van der Waals surface area contributed by atoms with Crippen molar-refractivity contribution in [2.45, 2.75) is 234 Å². The minimum absolute atomic E-state index is 0.0147. The number of fused-ring (bicyclic) bond motifs is 4. The number of carbonyl (C=O) groups excluding carboxylic acids is 17. The summed E-state index contributed by atoms with van der Waals surface area (Å²) < 4.78 is 0. The molecule has 3 aromatic carbocycles. The van der Waals surface area contributed by atoms with Crippen molar-refractivity contribution >= 4 is 163 Å². The minimum atomic E-state index is -1.90. The number of amides is 17. The average Bonchev–Trinajstić information content (AvgIpc) is 1.74. The lowest BCUT2D eigenvalue weighted by Gasteiger charge is -2.36. The lowest BCUT2D eigenvalue weighted by atomic mass is 10.00. The molecule has 0 bridgehead atoms. The van der Waals surface area contributed by atoms with Crippen molar-refractivity contribution in [3.05, 3.63) is 124 Å². The molecule has 23 N–H and O–H groups in total. The fraction of sp³-hybridized carbons (Fsp3) is 0.527. The highest BCUT2D eigenvalue weighted by Gasteiger charge is 2.47. The number of hydrogen-bond acceptors (Lipinski definition) is 22. The highest BCUT2D eigenvalue weighted by molar-refractivity contribution is 8.00. The summed E-state index contributed by atoms with van der Waals surface area (Å²) in [5, 5.41) is 61.2. The third-order valence-electron chi connectivity index (χ3n) is 24.4. The molecule has 15 atom stereocenters. The van der Waals surface area contributed by atoms with Crippen LogP contribution in [0.2, 0.25) is 10.0 Å². The monoisotopic (exact) mass is 1960 g/mol. The van der Waals surface area contributed by atoms with E-state index in [1.165, 1.54) is 58.8 Å². The number of nitrogens with two attached hydrogens (primary N) is 3. The third-order valence-corrected chi connectivity index (χ3v) is 26.0. The van der Waals surface area contributed by atoms with Gasteiger partial charge >= 0.3 is 0 Å². The van der Waals surface area contributed by atoms with Crippen molar-refractivity contribution in [2.75, 3.05) is 65.4 Å². The van der Waals surface area contributed by atoms with Crippen molar-refractivity contribution < 1.29 is 91.7 Å². The van der Waals surface area contributed by atoms with Gasteiger partial charge in [-0.05, 0) is 98.7 Å². The Bertz CT molecular complexity index is 5330. The van der Waals surface area contributed by atoms with Gasteiger partial charge in [0.05, 0.1) is 37.8 Å². The number of rotatable bonds is 26. The van der Waals surface area contributed by atoms with Crippen LogP contribution < -0.4 is 75.7 Å². The number of carbonyl (C=O) groups is 17. The highest BCUT2D eigenvalue weighted by atomic mass is 35.5. The molecule has 0 radical (unpaired) electrons. The van der Waals surface area contributed by atoms with E-state index in [1.807, 2.05) is 13.8 Å². The van der Waals surface area contributed by atoms with Crippen LogP contribution in [0.3, 0.4) is 0 Å². The molecule has 3 aromatic heterocycles. The van der Waals surface area contributed by atoms with Crippen LogP contribution in [0.15, 0.2) is 91.6 Å². The SMILES string of the molecule is CCCC[C@H]1C(=O)N(C)[C@@H](CCCC)C(=O)N[C@@H](CCCNC(=N)N)C(=O)N[C@H](C(=O)NCC(N)=O)CSCC(=O)N[C@@H](Cc2ccc(Cl)cc2Cl)C(=O)N(C)[C@@H](C)C(=O)N[C@@H](CC(N)=O)C(=O)N2CCC[C@H]2C(=O)N[C@@H](Cc2cnc[nH]2)C(=O)N[C@@H](CC(C)C)C(=O)N2C[C@H](O)C[C@H]2C(=O)N[C@@H](Cc2c[nH]c3ccccc23)C(=O)N[C@@H](CO)C(=O)N[C@@H](Cc2c[nH]c3ccccc23)C(=O)N1C. The Morgan fingerprint density at radius 2 is 1.10 bits per heavy atom.